The summed E-state index contributed by atoms with van der Waals surface area (Å²) in [7, 11) is -3.25. The van der Waals surface area contributed by atoms with Crippen LogP contribution in [0.5, 0.6) is 5.75 Å². The van der Waals surface area contributed by atoms with E-state index < -0.39 is 27.7 Å². The van der Waals surface area contributed by atoms with Crippen LogP contribution in [0, 0.1) is 0 Å². The SMILES string of the molecule is CC1CCNC(c2ccccc2OC(F)F)CS1(=O)=O. The molecule has 112 valence electrons. The van der Waals surface area contributed by atoms with E-state index in [1.54, 1.807) is 25.1 Å². The Balaban J connectivity index is 2.31. The van der Waals surface area contributed by atoms with E-state index in [0.29, 0.717) is 18.5 Å². The Labute approximate surface area is 117 Å². The van der Waals surface area contributed by atoms with Gasteiger partial charge in [-0.1, -0.05) is 18.2 Å². The molecule has 0 radical (unpaired) electrons. The van der Waals surface area contributed by atoms with Gasteiger partial charge in [0.1, 0.15) is 5.75 Å². The Bertz CT molecular complexity index is 562. The fourth-order valence-corrected chi connectivity index (χ4v) is 3.83. The predicted octanol–water partition coefficient (Wildman–Crippen LogP) is 2.13. The van der Waals surface area contributed by atoms with Crippen molar-refractivity contribution < 1.29 is 21.9 Å². The molecular weight excluding hydrogens is 288 g/mol. The summed E-state index contributed by atoms with van der Waals surface area (Å²) < 4.78 is 53.4. The maximum absolute atomic E-state index is 12.4. The van der Waals surface area contributed by atoms with Crippen LogP contribution in [0.3, 0.4) is 0 Å². The number of hydrogen-bond donors (Lipinski definition) is 1. The van der Waals surface area contributed by atoms with Crippen LogP contribution in [0.1, 0.15) is 24.9 Å². The number of halogens is 2. The number of alkyl halides is 2. The summed E-state index contributed by atoms with van der Waals surface area (Å²) in [6.45, 7) is -0.743. The zero-order valence-electron chi connectivity index (χ0n) is 11.1. The first-order chi connectivity index (χ1) is 9.40. The van der Waals surface area contributed by atoms with Crippen molar-refractivity contribution in [3.63, 3.8) is 0 Å². The molecule has 1 aromatic rings. The average Bonchev–Trinajstić information content (AvgIpc) is 2.49. The maximum atomic E-state index is 12.4. The van der Waals surface area contributed by atoms with E-state index in [1.165, 1.54) is 6.07 Å². The van der Waals surface area contributed by atoms with Crippen molar-refractivity contribution >= 4 is 9.84 Å². The molecule has 2 rings (SSSR count). The lowest BCUT2D eigenvalue weighted by molar-refractivity contribution is -0.0506. The number of benzene rings is 1. The average molecular weight is 305 g/mol. The van der Waals surface area contributed by atoms with E-state index >= 15 is 0 Å². The molecule has 1 aliphatic heterocycles. The number of ether oxygens (including phenoxy) is 1. The normalized spacial score (nSPS) is 26.2. The highest BCUT2D eigenvalue weighted by molar-refractivity contribution is 7.92. The van der Waals surface area contributed by atoms with E-state index in [1.807, 2.05) is 0 Å². The van der Waals surface area contributed by atoms with E-state index in [9.17, 15) is 17.2 Å². The molecule has 0 saturated carbocycles. The first-order valence-electron chi connectivity index (χ1n) is 6.39. The fourth-order valence-electron chi connectivity index (χ4n) is 2.27. The first kappa shape index (κ1) is 15.2. The zero-order chi connectivity index (χ0) is 14.8. The van der Waals surface area contributed by atoms with Crippen molar-refractivity contribution in [2.75, 3.05) is 12.3 Å². The second kappa shape index (κ2) is 6.05. The van der Waals surface area contributed by atoms with Gasteiger partial charge in [-0.05, 0) is 26.0 Å². The van der Waals surface area contributed by atoms with Crippen LogP contribution in [-0.4, -0.2) is 32.6 Å². The summed E-state index contributed by atoms with van der Waals surface area (Å²) >= 11 is 0. The smallest absolute Gasteiger partial charge is 0.387 e. The van der Waals surface area contributed by atoms with Crippen LogP contribution in [0.2, 0.25) is 0 Å². The molecule has 1 aromatic carbocycles. The van der Waals surface area contributed by atoms with Crippen molar-refractivity contribution in [2.45, 2.75) is 31.2 Å². The molecule has 1 fully saturated rings. The number of para-hydroxylation sites is 1. The van der Waals surface area contributed by atoms with Gasteiger partial charge in [0.2, 0.25) is 0 Å². The first-order valence-corrected chi connectivity index (χ1v) is 8.10. The third-order valence-electron chi connectivity index (χ3n) is 3.46. The molecule has 7 heteroatoms. The van der Waals surface area contributed by atoms with Gasteiger partial charge in [-0.2, -0.15) is 8.78 Å². The summed E-state index contributed by atoms with van der Waals surface area (Å²) in [5, 5.41) is 2.67. The van der Waals surface area contributed by atoms with Crippen molar-refractivity contribution in [2.24, 2.45) is 0 Å². The molecule has 1 aliphatic rings. The topological polar surface area (TPSA) is 55.4 Å². The van der Waals surface area contributed by atoms with Crippen LogP contribution in [0.15, 0.2) is 24.3 Å². The highest BCUT2D eigenvalue weighted by Crippen LogP contribution is 2.29. The molecule has 1 N–H and O–H groups in total. The third kappa shape index (κ3) is 3.46. The number of hydrogen-bond acceptors (Lipinski definition) is 4. The second-order valence-corrected chi connectivity index (χ2v) is 7.32. The van der Waals surface area contributed by atoms with Crippen molar-refractivity contribution in [3.8, 4) is 5.75 Å². The lowest BCUT2D eigenvalue weighted by atomic mass is 10.1. The third-order valence-corrected chi connectivity index (χ3v) is 5.72. The van der Waals surface area contributed by atoms with Crippen LogP contribution < -0.4 is 10.1 Å². The van der Waals surface area contributed by atoms with Gasteiger partial charge in [-0.15, -0.1) is 0 Å². The quantitative estimate of drug-likeness (QED) is 0.929. The molecule has 4 nitrogen and oxygen atoms in total. The Morgan fingerprint density at radius 3 is 2.75 bits per heavy atom. The van der Waals surface area contributed by atoms with Gasteiger partial charge in [0, 0.05) is 11.6 Å². The molecule has 0 bridgehead atoms. The summed E-state index contributed by atoms with van der Waals surface area (Å²) in [6, 6.07) is 5.76. The molecule has 0 aromatic heterocycles. The van der Waals surface area contributed by atoms with Crippen LogP contribution in [-0.2, 0) is 9.84 Å². The van der Waals surface area contributed by atoms with Crippen molar-refractivity contribution in [1.29, 1.82) is 0 Å². The zero-order valence-corrected chi connectivity index (χ0v) is 11.9. The van der Waals surface area contributed by atoms with Gasteiger partial charge in [0.05, 0.1) is 11.0 Å². The molecule has 20 heavy (non-hydrogen) atoms. The minimum Gasteiger partial charge on any atom is -0.434 e. The number of sulfone groups is 1. The van der Waals surface area contributed by atoms with Crippen molar-refractivity contribution in [3.05, 3.63) is 29.8 Å². The van der Waals surface area contributed by atoms with Gasteiger partial charge in [0.25, 0.3) is 0 Å². The minimum absolute atomic E-state index is 0.0183. The highest BCUT2D eigenvalue weighted by Gasteiger charge is 2.30. The fraction of sp³-hybridized carbons (Fsp3) is 0.538. The maximum Gasteiger partial charge on any atom is 0.387 e. The number of rotatable bonds is 3. The second-order valence-electron chi connectivity index (χ2n) is 4.85. The molecule has 2 unspecified atom stereocenters. The van der Waals surface area contributed by atoms with Gasteiger partial charge in [-0.25, -0.2) is 8.42 Å². The molecular formula is C13H17F2NO3S. The highest BCUT2D eigenvalue weighted by atomic mass is 32.2. The summed E-state index contributed by atoms with van der Waals surface area (Å²) in [5.74, 6) is -0.0950. The van der Waals surface area contributed by atoms with Gasteiger partial charge < -0.3 is 10.1 Å². The van der Waals surface area contributed by atoms with Gasteiger partial charge >= 0.3 is 6.61 Å². The molecule has 1 saturated heterocycles. The Morgan fingerprint density at radius 2 is 2.05 bits per heavy atom. The van der Waals surface area contributed by atoms with Crippen molar-refractivity contribution in [1.82, 2.24) is 5.32 Å². The standard InChI is InChI=1S/C13H17F2NO3S/c1-9-6-7-16-11(8-20(9,17)18)10-4-2-3-5-12(10)19-13(14)15/h2-5,9,11,13,16H,6-8H2,1H3. The Morgan fingerprint density at radius 1 is 1.35 bits per heavy atom. The summed E-state index contributed by atoms with van der Waals surface area (Å²) in [4.78, 5) is 0. The van der Waals surface area contributed by atoms with E-state index in [4.69, 9.17) is 0 Å². The predicted molar refractivity (Wildman–Crippen MR) is 71.7 cm³/mol. The molecule has 1 heterocycles. The Hall–Kier alpha value is -1.21. The van der Waals surface area contributed by atoms with E-state index in [-0.39, 0.29) is 11.5 Å². The minimum atomic E-state index is -3.25. The van der Waals surface area contributed by atoms with E-state index in [0.717, 1.165) is 0 Å². The molecule has 0 aliphatic carbocycles. The van der Waals surface area contributed by atoms with E-state index in [2.05, 4.69) is 10.1 Å². The van der Waals surface area contributed by atoms with Gasteiger partial charge in [-0.3, -0.25) is 0 Å². The Kier molecular flexibility index (Phi) is 4.59. The lowest BCUT2D eigenvalue weighted by Gasteiger charge is -2.19. The van der Waals surface area contributed by atoms with Crippen LogP contribution >= 0.6 is 0 Å². The monoisotopic (exact) mass is 305 g/mol. The molecule has 0 spiro atoms. The summed E-state index contributed by atoms with van der Waals surface area (Å²) in [5.41, 5.74) is 0.450. The van der Waals surface area contributed by atoms with Crippen LogP contribution in [0.4, 0.5) is 8.78 Å². The van der Waals surface area contributed by atoms with Gasteiger partial charge in [0.15, 0.2) is 9.84 Å². The lowest BCUT2D eigenvalue weighted by Crippen LogP contribution is -2.26. The molecule has 0 amide bonds. The largest absolute Gasteiger partial charge is 0.434 e. The molecule has 2 atom stereocenters. The van der Waals surface area contributed by atoms with Crippen LogP contribution in [0.25, 0.3) is 0 Å². The number of nitrogens with one attached hydrogen (secondary N) is 1. The summed E-state index contributed by atoms with van der Waals surface area (Å²) in [6.07, 6.45) is 0.511.